The molecule has 0 saturated carbocycles. The van der Waals surface area contributed by atoms with Crippen LogP contribution in [0.15, 0.2) is 24.3 Å². The molecular formula is C20H22N2O3S. The summed E-state index contributed by atoms with van der Waals surface area (Å²) in [6.45, 7) is 2.00. The smallest absolute Gasteiger partial charge is 0.225 e. The standard InChI is InChI=1S/C20H22N2O3S/c1-12(13-4-3-5-15(9-13)25-2)8-19(24)22-20-17(11-21)16-7-6-14(23)10-18(16)26-20/h3-5,9,12,14,23H,6-8,10H2,1-2H3,(H,22,24). The number of carbonyl (C=O) groups is 1. The van der Waals surface area contributed by atoms with E-state index in [9.17, 15) is 15.2 Å². The maximum Gasteiger partial charge on any atom is 0.225 e. The predicted octanol–water partition coefficient (Wildman–Crippen LogP) is 3.61. The Kier molecular flexibility index (Phi) is 5.60. The van der Waals surface area contributed by atoms with Gasteiger partial charge in [-0.1, -0.05) is 19.1 Å². The topological polar surface area (TPSA) is 82.3 Å². The van der Waals surface area contributed by atoms with Crippen LogP contribution in [0.1, 0.15) is 47.3 Å². The van der Waals surface area contributed by atoms with Gasteiger partial charge in [0.2, 0.25) is 5.91 Å². The average molecular weight is 370 g/mol. The Morgan fingerprint density at radius 2 is 2.35 bits per heavy atom. The lowest BCUT2D eigenvalue weighted by Gasteiger charge is -2.16. The van der Waals surface area contributed by atoms with Crippen LogP contribution in [-0.2, 0) is 17.6 Å². The first-order chi connectivity index (χ1) is 12.5. The van der Waals surface area contributed by atoms with Crippen molar-refractivity contribution in [2.24, 2.45) is 0 Å². The highest BCUT2D eigenvalue weighted by molar-refractivity contribution is 7.16. The van der Waals surface area contributed by atoms with E-state index in [2.05, 4.69) is 11.4 Å². The highest BCUT2D eigenvalue weighted by Gasteiger charge is 2.25. The van der Waals surface area contributed by atoms with Crippen LogP contribution in [0.3, 0.4) is 0 Å². The average Bonchev–Trinajstić information content (AvgIpc) is 2.97. The largest absolute Gasteiger partial charge is 0.497 e. The van der Waals surface area contributed by atoms with E-state index >= 15 is 0 Å². The number of hydrogen-bond donors (Lipinski definition) is 2. The van der Waals surface area contributed by atoms with Crippen LogP contribution in [-0.4, -0.2) is 24.2 Å². The molecule has 1 aromatic heterocycles. The number of ether oxygens (including phenoxy) is 1. The predicted molar refractivity (Wildman–Crippen MR) is 102 cm³/mol. The molecule has 1 aliphatic rings. The summed E-state index contributed by atoms with van der Waals surface area (Å²) in [5, 5.41) is 22.8. The number of amides is 1. The minimum atomic E-state index is -0.357. The molecule has 2 unspecified atom stereocenters. The summed E-state index contributed by atoms with van der Waals surface area (Å²) >= 11 is 1.41. The van der Waals surface area contributed by atoms with Crippen molar-refractivity contribution < 1.29 is 14.6 Å². The normalized spacial score (nSPS) is 17.1. The molecule has 0 aliphatic heterocycles. The minimum absolute atomic E-state index is 0.0343. The van der Waals surface area contributed by atoms with Crippen molar-refractivity contribution in [3.8, 4) is 11.8 Å². The van der Waals surface area contributed by atoms with E-state index in [4.69, 9.17) is 4.74 Å². The van der Waals surface area contributed by atoms with Gasteiger partial charge < -0.3 is 15.2 Å². The number of methoxy groups -OCH3 is 1. The van der Waals surface area contributed by atoms with E-state index in [1.807, 2.05) is 31.2 Å². The fraction of sp³-hybridized carbons (Fsp3) is 0.400. The van der Waals surface area contributed by atoms with Gasteiger partial charge >= 0.3 is 0 Å². The van der Waals surface area contributed by atoms with Crippen LogP contribution in [0.5, 0.6) is 5.75 Å². The number of rotatable bonds is 5. The number of aliphatic hydroxyl groups excluding tert-OH is 1. The molecule has 1 aliphatic carbocycles. The third-order valence-corrected chi connectivity index (χ3v) is 5.93. The van der Waals surface area contributed by atoms with Crippen molar-refractivity contribution in [3.05, 3.63) is 45.8 Å². The van der Waals surface area contributed by atoms with E-state index in [-0.39, 0.29) is 17.9 Å². The van der Waals surface area contributed by atoms with Crippen molar-refractivity contribution in [3.63, 3.8) is 0 Å². The first kappa shape index (κ1) is 18.4. The van der Waals surface area contributed by atoms with E-state index in [0.29, 0.717) is 36.2 Å². The molecular weight excluding hydrogens is 348 g/mol. The van der Waals surface area contributed by atoms with Crippen LogP contribution in [0.25, 0.3) is 0 Å². The number of fused-ring (bicyclic) bond motifs is 1. The van der Waals surface area contributed by atoms with Gasteiger partial charge in [-0.25, -0.2) is 0 Å². The SMILES string of the molecule is COc1cccc(C(C)CC(=O)Nc2sc3c(c2C#N)CCC(O)C3)c1. The number of nitriles is 1. The number of benzene rings is 1. The summed E-state index contributed by atoms with van der Waals surface area (Å²) in [6, 6.07) is 9.92. The lowest BCUT2D eigenvalue weighted by atomic mass is 9.94. The zero-order chi connectivity index (χ0) is 18.7. The van der Waals surface area contributed by atoms with Crippen molar-refractivity contribution >= 4 is 22.2 Å². The number of hydrogen-bond acceptors (Lipinski definition) is 5. The minimum Gasteiger partial charge on any atom is -0.497 e. The van der Waals surface area contributed by atoms with Crippen LogP contribution >= 0.6 is 11.3 Å². The molecule has 2 N–H and O–H groups in total. The number of thiophene rings is 1. The number of nitrogens with zero attached hydrogens (tertiary/aromatic N) is 1. The Morgan fingerprint density at radius 3 is 3.08 bits per heavy atom. The Morgan fingerprint density at radius 1 is 1.54 bits per heavy atom. The molecule has 6 heteroatoms. The van der Waals surface area contributed by atoms with Gasteiger partial charge in [0, 0.05) is 17.7 Å². The van der Waals surface area contributed by atoms with Crippen molar-refractivity contribution in [2.75, 3.05) is 12.4 Å². The molecule has 1 aromatic carbocycles. The second-order valence-electron chi connectivity index (χ2n) is 6.65. The number of aliphatic hydroxyl groups is 1. The van der Waals surface area contributed by atoms with E-state index in [0.717, 1.165) is 21.8 Å². The Labute approximate surface area is 157 Å². The lowest BCUT2D eigenvalue weighted by molar-refractivity contribution is -0.116. The third-order valence-electron chi connectivity index (χ3n) is 4.76. The summed E-state index contributed by atoms with van der Waals surface area (Å²) in [5.41, 5.74) is 2.58. The molecule has 5 nitrogen and oxygen atoms in total. The molecule has 0 fully saturated rings. The van der Waals surface area contributed by atoms with Crippen molar-refractivity contribution in [2.45, 2.75) is 44.6 Å². The molecule has 1 amide bonds. The van der Waals surface area contributed by atoms with Gasteiger partial charge in [0.15, 0.2) is 0 Å². The van der Waals surface area contributed by atoms with Crippen molar-refractivity contribution in [1.29, 1.82) is 5.26 Å². The molecule has 1 heterocycles. The molecule has 3 rings (SSSR count). The zero-order valence-electron chi connectivity index (χ0n) is 14.9. The summed E-state index contributed by atoms with van der Waals surface area (Å²) < 4.78 is 5.24. The van der Waals surface area contributed by atoms with Gasteiger partial charge in [-0.05, 0) is 42.0 Å². The van der Waals surface area contributed by atoms with Crippen LogP contribution in [0.4, 0.5) is 5.00 Å². The zero-order valence-corrected chi connectivity index (χ0v) is 15.7. The number of anilines is 1. The quantitative estimate of drug-likeness (QED) is 0.842. The summed E-state index contributed by atoms with van der Waals surface area (Å²) in [4.78, 5) is 13.5. The summed E-state index contributed by atoms with van der Waals surface area (Å²) in [6.07, 6.45) is 1.88. The highest BCUT2D eigenvalue weighted by atomic mass is 32.1. The molecule has 0 bridgehead atoms. The van der Waals surface area contributed by atoms with Crippen LogP contribution in [0.2, 0.25) is 0 Å². The lowest BCUT2D eigenvalue weighted by Crippen LogP contribution is -2.17. The molecule has 0 spiro atoms. The second kappa shape index (κ2) is 7.90. The Bertz CT molecular complexity index is 853. The highest BCUT2D eigenvalue weighted by Crippen LogP contribution is 2.38. The molecule has 0 saturated heterocycles. The molecule has 136 valence electrons. The first-order valence-electron chi connectivity index (χ1n) is 8.68. The van der Waals surface area contributed by atoms with E-state index in [1.54, 1.807) is 7.11 Å². The fourth-order valence-corrected chi connectivity index (χ4v) is 4.58. The molecule has 0 radical (unpaired) electrons. The van der Waals surface area contributed by atoms with E-state index in [1.165, 1.54) is 11.3 Å². The maximum atomic E-state index is 12.5. The number of carbonyl (C=O) groups excluding carboxylic acids is 1. The Hall–Kier alpha value is -2.36. The van der Waals surface area contributed by atoms with Gasteiger partial charge in [0.05, 0.1) is 18.8 Å². The Balaban J connectivity index is 1.71. The van der Waals surface area contributed by atoms with Crippen LogP contribution in [0, 0.1) is 11.3 Å². The van der Waals surface area contributed by atoms with Crippen molar-refractivity contribution in [1.82, 2.24) is 0 Å². The second-order valence-corrected chi connectivity index (χ2v) is 7.75. The van der Waals surface area contributed by atoms with Gasteiger partial charge in [-0.3, -0.25) is 4.79 Å². The first-order valence-corrected chi connectivity index (χ1v) is 9.50. The molecule has 26 heavy (non-hydrogen) atoms. The number of nitrogens with one attached hydrogen (secondary N) is 1. The third kappa shape index (κ3) is 3.90. The fourth-order valence-electron chi connectivity index (χ4n) is 3.30. The maximum absolute atomic E-state index is 12.5. The molecule has 2 aromatic rings. The summed E-state index contributed by atoms with van der Waals surface area (Å²) in [5.74, 6) is 0.689. The molecule has 2 atom stereocenters. The van der Waals surface area contributed by atoms with Crippen LogP contribution < -0.4 is 10.1 Å². The summed E-state index contributed by atoms with van der Waals surface area (Å²) in [7, 11) is 1.62. The van der Waals surface area contributed by atoms with Gasteiger partial charge in [0.1, 0.15) is 16.8 Å². The van der Waals surface area contributed by atoms with Gasteiger partial charge in [-0.2, -0.15) is 5.26 Å². The van der Waals surface area contributed by atoms with Gasteiger partial charge in [0.25, 0.3) is 0 Å². The monoisotopic (exact) mass is 370 g/mol. The van der Waals surface area contributed by atoms with E-state index < -0.39 is 0 Å². The van der Waals surface area contributed by atoms with Gasteiger partial charge in [-0.15, -0.1) is 11.3 Å².